The largest absolute Gasteiger partial charge is 0.434 e. The molecule has 4 aromatic rings. The average Bonchev–Trinajstić information content (AvgIpc) is 3.57. The fourth-order valence-electron chi connectivity index (χ4n) is 5.24. The maximum atomic E-state index is 13.3. The fraction of sp³-hybridized carbons (Fsp3) is 0.379. The zero-order chi connectivity index (χ0) is 28.9. The summed E-state index contributed by atoms with van der Waals surface area (Å²) in [6.07, 6.45) is 13.9. The molecular weight excluding hydrogens is 552 g/mol. The van der Waals surface area contributed by atoms with Crippen LogP contribution in [0.25, 0.3) is 16.9 Å². The summed E-state index contributed by atoms with van der Waals surface area (Å²) in [6, 6.07) is 6.61. The highest BCUT2D eigenvalue weighted by Gasteiger charge is 2.23. The first kappa shape index (κ1) is 28.7. The molecule has 3 heterocycles. The van der Waals surface area contributed by atoms with E-state index in [0.717, 1.165) is 38.6 Å². The van der Waals surface area contributed by atoms with Gasteiger partial charge in [0.25, 0.3) is 5.91 Å². The number of anilines is 1. The molecule has 0 bridgehead atoms. The van der Waals surface area contributed by atoms with Gasteiger partial charge in [-0.05, 0) is 70.0 Å². The number of hydrogen-bond acceptors (Lipinski definition) is 6. The fourth-order valence-corrected chi connectivity index (χ4v) is 5.42. The van der Waals surface area contributed by atoms with E-state index >= 15 is 0 Å². The molecule has 1 amide bonds. The second kappa shape index (κ2) is 12.8. The summed E-state index contributed by atoms with van der Waals surface area (Å²) < 4.78 is 34.4. The van der Waals surface area contributed by atoms with Crippen LogP contribution in [0.2, 0.25) is 5.02 Å². The summed E-state index contributed by atoms with van der Waals surface area (Å²) in [5.41, 5.74) is 2.80. The Hall–Kier alpha value is -3.83. The summed E-state index contributed by atoms with van der Waals surface area (Å²) in [4.78, 5) is 20.0. The van der Waals surface area contributed by atoms with E-state index in [1.807, 2.05) is 0 Å². The highest BCUT2D eigenvalue weighted by Crippen LogP contribution is 2.37. The minimum absolute atomic E-state index is 0.101. The molecular formula is C29H32ClF2N7O2. The van der Waals surface area contributed by atoms with Gasteiger partial charge in [-0.3, -0.25) is 9.48 Å². The van der Waals surface area contributed by atoms with Crippen LogP contribution in [0, 0.1) is 0 Å². The van der Waals surface area contributed by atoms with Gasteiger partial charge in [0.1, 0.15) is 17.0 Å². The van der Waals surface area contributed by atoms with Crippen LogP contribution in [0.3, 0.4) is 0 Å². The molecule has 41 heavy (non-hydrogen) atoms. The minimum Gasteiger partial charge on any atom is -0.434 e. The number of rotatable bonds is 10. The van der Waals surface area contributed by atoms with E-state index in [1.54, 1.807) is 29.3 Å². The van der Waals surface area contributed by atoms with Crippen molar-refractivity contribution in [3.63, 3.8) is 0 Å². The summed E-state index contributed by atoms with van der Waals surface area (Å²) in [7, 11) is 2.19. The van der Waals surface area contributed by atoms with E-state index < -0.39 is 12.5 Å². The maximum absolute atomic E-state index is 13.3. The molecule has 12 heteroatoms. The summed E-state index contributed by atoms with van der Waals surface area (Å²) in [5.74, 6) is -0.568. The van der Waals surface area contributed by atoms with Crippen molar-refractivity contribution in [2.75, 3.05) is 18.9 Å². The molecule has 0 spiro atoms. The number of amides is 1. The smallest absolute Gasteiger partial charge is 0.387 e. The molecule has 1 aliphatic rings. The van der Waals surface area contributed by atoms with Crippen molar-refractivity contribution in [2.24, 2.45) is 0 Å². The van der Waals surface area contributed by atoms with Gasteiger partial charge in [-0.2, -0.15) is 19.0 Å². The predicted molar refractivity (Wildman–Crippen MR) is 154 cm³/mol. The normalized spacial score (nSPS) is 15.6. The number of halogens is 3. The third-order valence-electron chi connectivity index (χ3n) is 7.31. The van der Waals surface area contributed by atoms with E-state index in [-0.39, 0.29) is 22.6 Å². The van der Waals surface area contributed by atoms with Crippen LogP contribution in [0.1, 0.15) is 49.4 Å². The van der Waals surface area contributed by atoms with Gasteiger partial charge in [-0.1, -0.05) is 30.2 Å². The van der Waals surface area contributed by atoms with Crippen molar-refractivity contribution in [3.8, 4) is 17.0 Å². The topological polar surface area (TPSA) is 89.6 Å². The van der Waals surface area contributed by atoms with Gasteiger partial charge < -0.3 is 15.0 Å². The van der Waals surface area contributed by atoms with Crippen LogP contribution in [0.4, 0.5) is 14.5 Å². The van der Waals surface area contributed by atoms with Crippen LogP contribution in [-0.2, 0) is 6.54 Å². The molecule has 0 aliphatic heterocycles. The third kappa shape index (κ3) is 6.74. The van der Waals surface area contributed by atoms with Crippen molar-refractivity contribution < 1.29 is 18.3 Å². The molecule has 1 N–H and O–H groups in total. The lowest BCUT2D eigenvalue weighted by Crippen LogP contribution is -2.34. The molecule has 5 rings (SSSR count). The Morgan fingerprint density at radius 3 is 2.88 bits per heavy atom. The van der Waals surface area contributed by atoms with Gasteiger partial charge in [-0.15, -0.1) is 0 Å². The molecule has 9 nitrogen and oxygen atoms in total. The van der Waals surface area contributed by atoms with Crippen molar-refractivity contribution in [1.82, 2.24) is 29.3 Å². The molecule has 1 aliphatic carbocycles. The number of alkyl halides is 2. The van der Waals surface area contributed by atoms with Crippen molar-refractivity contribution >= 4 is 28.8 Å². The number of aromatic nitrogens is 5. The first-order valence-electron chi connectivity index (χ1n) is 13.6. The number of nitrogens with zero attached hydrogens (tertiary/aromatic N) is 6. The molecule has 1 saturated carbocycles. The third-order valence-corrected chi connectivity index (χ3v) is 7.55. The molecule has 216 valence electrons. The van der Waals surface area contributed by atoms with Gasteiger partial charge in [-0.25, -0.2) is 9.50 Å². The highest BCUT2D eigenvalue weighted by atomic mass is 35.5. The zero-order valence-electron chi connectivity index (χ0n) is 22.9. The average molecular weight is 584 g/mol. The second-order valence-corrected chi connectivity index (χ2v) is 10.5. The quantitative estimate of drug-likeness (QED) is 0.220. The number of fused-ring (bicyclic) bond motifs is 1. The maximum Gasteiger partial charge on any atom is 0.387 e. The zero-order valence-corrected chi connectivity index (χ0v) is 23.7. The Bertz CT molecular complexity index is 1540. The first-order chi connectivity index (χ1) is 19.8. The molecule has 3 aromatic heterocycles. The van der Waals surface area contributed by atoms with Crippen LogP contribution in [0.15, 0.2) is 60.7 Å². The number of carbonyl (C=O) groups excluding carboxylic acids is 1. The van der Waals surface area contributed by atoms with Crippen LogP contribution >= 0.6 is 11.6 Å². The van der Waals surface area contributed by atoms with Gasteiger partial charge in [0, 0.05) is 35.2 Å². The molecule has 1 aromatic carbocycles. The Labute approximate surface area is 241 Å². The SMILES string of the molecule is CCCN(C)C1CCC(=CCn2cc(NC(=O)c3cnn4cccnc34)c(-c3cc(Cl)ccc3OC(F)F)n2)CC1. The standard InChI is InChI=1S/C29H32ClF2N7O2/c1-3-13-37(2)21-8-5-19(6-9-21)11-15-38-18-24(35-28(40)23-17-34-39-14-4-12-33-27(23)39)26(36-38)22-16-20(30)7-10-25(22)41-29(31)32/h4,7,10-12,14,16-18,21,29H,3,5-6,8-9,13,15H2,1-2H3,(H,35,40). The Balaban J connectivity index is 1.43. The summed E-state index contributed by atoms with van der Waals surface area (Å²) in [5, 5.41) is 12.0. The van der Waals surface area contributed by atoms with Crippen molar-refractivity contribution in [1.29, 1.82) is 0 Å². The number of allylic oxidation sites excluding steroid dienone is 2. The van der Waals surface area contributed by atoms with E-state index in [0.29, 0.717) is 28.9 Å². The summed E-state index contributed by atoms with van der Waals surface area (Å²) >= 11 is 6.23. The summed E-state index contributed by atoms with van der Waals surface area (Å²) in [6.45, 7) is 0.703. The van der Waals surface area contributed by atoms with Crippen molar-refractivity contribution in [3.05, 3.63) is 71.3 Å². The Morgan fingerprint density at radius 2 is 2.12 bits per heavy atom. The predicted octanol–water partition coefficient (Wildman–Crippen LogP) is 6.31. The molecule has 0 radical (unpaired) electrons. The number of nitrogens with one attached hydrogen (secondary N) is 1. The second-order valence-electron chi connectivity index (χ2n) is 10.1. The monoisotopic (exact) mass is 583 g/mol. The van der Waals surface area contributed by atoms with E-state index in [2.05, 4.69) is 45.4 Å². The molecule has 0 saturated heterocycles. The van der Waals surface area contributed by atoms with Gasteiger partial charge in [0.05, 0.1) is 18.4 Å². The molecule has 1 fully saturated rings. The van der Waals surface area contributed by atoms with E-state index in [1.165, 1.54) is 34.5 Å². The van der Waals surface area contributed by atoms with E-state index in [4.69, 9.17) is 16.3 Å². The van der Waals surface area contributed by atoms with Crippen LogP contribution in [0.5, 0.6) is 5.75 Å². The van der Waals surface area contributed by atoms with Gasteiger partial charge in [0.2, 0.25) is 0 Å². The Morgan fingerprint density at radius 1 is 1.32 bits per heavy atom. The van der Waals surface area contributed by atoms with Gasteiger partial charge in [0.15, 0.2) is 5.65 Å². The number of benzene rings is 1. The lowest BCUT2D eigenvalue weighted by atomic mass is 9.90. The molecule has 0 atom stereocenters. The van der Waals surface area contributed by atoms with Crippen molar-refractivity contribution in [2.45, 2.75) is 58.2 Å². The minimum atomic E-state index is -3.05. The van der Waals surface area contributed by atoms with Crippen LogP contribution < -0.4 is 10.1 Å². The molecule has 0 unspecified atom stereocenters. The number of carbonyl (C=O) groups is 1. The number of ether oxygens (including phenoxy) is 1. The van der Waals surface area contributed by atoms with Gasteiger partial charge >= 0.3 is 6.61 Å². The highest BCUT2D eigenvalue weighted by molar-refractivity contribution is 6.31. The lowest BCUT2D eigenvalue weighted by Gasteiger charge is -2.32. The van der Waals surface area contributed by atoms with E-state index in [9.17, 15) is 13.6 Å². The lowest BCUT2D eigenvalue weighted by molar-refractivity contribution is -0.0494. The van der Waals surface area contributed by atoms with Crippen LogP contribution in [-0.4, -0.2) is 61.4 Å². The number of hydrogen-bond donors (Lipinski definition) is 1. The first-order valence-corrected chi connectivity index (χ1v) is 14.0. The Kier molecular flexibility index (Phi) is 8.94.